The van der Waals surface area contributed by atoms with E-state index in [1.165, 1.54) is 0 Å². The molecule has 1 aromatic carbocycles. The third kappa shape index (κ3) is 4.09. The van der Waals surface area contributed by atoms with Crippen molar-refractivity contribution in [3.63, 3.8) is 0 Å². The number of hydrogen-bond acceptors (Lipinski definition) is 3. The predicted octanol–water partition coefficient (Wildman–Crippen LogP) is 2.90. The topological polar surface area (TPSA) is 47.6 Å². The summed E-state index contributed by atoms with van der Waals surface area (Å²) in [6.07, 6.45) is 3.58. The average molecular weight is 244 g/mol. The van der Waals surface area contributed by atoms with Crippen LogP contribution in [0.25, 0.3) is 0 Å². The fourth-order valence-corrected chi connectivity index (χ4v) is 1.48. The SMILES string of the molecule is C=CC(C)C(C=NCc1ccccc1)=C(N)OC. The standard InChI is InChI=1S/C15H20N2O/c1-4-12(2)14(15(16)18-3)11-17-10-13-8-6-5-7-9-13/h4-9,11-12H,1,10,16H2,2-3H3. The number of aliphatic imine (C=N–C) groups is 1. The summed E-state index contributed by atoms with van der Waals surface area (Å²) in [7, 11) is 1.55. The molecule has 0 saturated carbocycles. The van der Waals surface area contributed by atoms with Gasteiger partial charge in [0.15, 0.2) is 5.88 Å². The summed E-state index contributed by atoms with van der Waals surface area (Å²) >= 11 is 0. The van der Waals surface area contributed by atoms with Crippen LogP contribution in [0.1, 0.15) is 12.5 Å². The zero-order valence-corrected chi connectivity index (χ0v) is 11.0. The van der Waals surface area contributed by atoms with Crippen LogP contribution in [0.2, 0.25) is 0 Å². The zero-order valence-electron chi connectivity index (χ0n) is 11.0. The van der Waals surface area contributed by atoms with Crippen molar-refractivity contribution < 1.29 is 4.74 Å². The van der Waals surface area contributed by atoms with Crippen molar-refractivity contribution in [1.29, 1.82) is 0 Å². The Hall–Kier alpha value is -2.03. The minimum absolute atomic E-state index is 0.115. The van der Waals surface area contributed by atoms with Gasteiger partial charge in [0.1, 0.15) is 0 Å². The molecule has 2 N–H and O–H groups in total. The van der Waals surface area contributed by atoms with Gasteiger partial charge < -0.3 is 10.5 Å². The molecule has 0 aliphatic carbocycles. The Labute approximate surface area is 109 Å². The van der Waals surface area contributed by atoms with Gasteiger partial charge in [0.25, 0.3) is 0 Å². The minimum atomic E-state index is 0.115. The Bertz CT molecular complexity index is 435. The molecule has 0 spiro atoms. The molecule has 0 fully saturated rings. The number of nitrogens with zero attached hydrogens (tertiary/aromatic N) is 1. The summed E-state index contributed by atoms with van der Waals surface area (Å²) in [6, 6.07) is 10.1. The Morgan fingerprint density at radius 1 is 1.44 bits per heavy atom. The first-order valence-corrected chi connectivity index (χ1v) is 5.89. The van der Waals surface area contributed by atoms with Crippen LogP contribution in [0.15, 0.2) is 59.4 Å². The molecule has 1 aromatic rings. The van der Waals surface area contributed by atoms with Crippen molar-refractivity contribution in [3.05, 3.63) is 60.0 Å². The molecule has 0 radical (unpaired) electrons. The van der Waals surface area contributed by atoms with Gasteiger partial charge >= 0.3 is 0 Å². The van der Waals surface area contributed by atoms with Gasteiger partial charge in [-0.2, -0.15) is 0 Å². The molecule has 0 aliphatic heterocycles. The summed E-state index contributed by atoms with van der Waals surface area (Å²) in [5, 5.41) is 0. The second-order valence-electron chi connectivity index (χ2n) is 4.00. The van der Waals surface area contributed by atoms with Crippen molar-refractivity contribution >= 4 is 6.21 Å². The maximum atomic E-state index is 5.79. The van der Waals surface area contributed by atoms with Gasteiger partial charge in [-0.1, -0.05) is 43.3 Å². The van der Waals surface area contributed by atoms with Crippen molar-refractivity contribution in [2.45, 2.75) is 13.5 Å². The first-order valence-electron chi connectivity index (χ1n) is 5.89. The molecule has 18 heavy (non-hydrogen) atoms. The molecule has 0 aliphatic rings. The van der Waals surface area contributed by atoms with Crippen LogP contribution in [0.5, 0.6) is 0 Å². The van der Waals surface area contributed by atoms with E-state index in [1.807, 2.05) is 43.3 Å². The molecule has 0 amide bonds. The Morgan fingerprint density at radius 3 is 2.67 bits per heavy atom. The second kappa shape index (κ2) is 7.33. The highest BCUT2D eigenvalue weighted by molar-refractivity contribution is 5.80. The lowest BCUT2D eigenvalue weighted by Crippen LogP contribution is -2.10. The van der Waals surface area contributed by atoms with Crippen LogP contribution in [-0.2, 0) is 11.3 Å². The first kappa shape index (κ1) is 14.0. The van der Waals surface area contributed by atoms with E-state index in [-0.39, 0.29) is 5.92 Å². The maximum absolute atomic E-state index is 5.79. The molecule has 1 atom stereocenters. The summed E-state index contributed by atoms with van der Waals surface area (Å²) in [4.78, 5) is 4.39. The second-order valence-corrected chi connectivity index (χ2v) is 4.00. The molecule has 96 valence electrons. The number of methoxy groups -OCH3 is 1. The van der Waals surface area contributed by atoms with Gasteiger partial charge in [-0.05, 0) is 5.56 Å². The lowest BCUT2D eigenvalue weighted by Gasteiger charge is -2.10. The van der Waals surface area contributed by atoms with E-state index < -0.39 is 0 Å². The van der Waals surface area contributed by atoms with Crippen LogP contribution in [-0.4, -0.2) is 13.3 Å². The van der Waals surface area contributed by atoms with Crippen molar-refractivity contribution in [2.75, 3.05) is 7.11 Å². The van der Waals surface area contributed by atoms with E-state index >= 15 is 0 Å². The van der Waals surface area contributed by atoms with E-state index in [0.29, 0.717) is 12.4 Å². The van der Waals surface area contributed by atoms with Gasteiger partial charge in [-0.3, -0.25) is 4.99 Å². The van der Waals surface area contributed by atoms with Crippen LogP contribution in [0.4, 0.5) is 0 Å². The van der Waals surface area contributed by atoms with Gasteiger partial charge in [0.2, 0.25) is 0 Å². The van der Waals surface area contributed by atoms with E-state index in [4.69, 9.17) is 10.5 Å². The number of rotatable bonds is 6. The summed E-state index contributed by atoms with van der Waals surface area (Å²) in [5.41, 5.74) is 7.80. The van der Waals surface area contributed by atoms with E-state index in [9.17, 15) is 0 Å². The van der Waals surface area contributed by atoms with Crippen LogP contribution in [0.3, 0.4) is 0 Å². The Balaban J connectivity index is 2.76. The summed E-state index contributed by atoms with van der Waals surface area (Å²) in [6.45, 7) is 6.39. The highest BCUT2D eigenvalue weighted by atomic mass is 16.5. The van der Waals surface area contributed by atoms with Gasteiger partial charge in [0, 0.05) is 17.7 Å². The zero-order chi connectivity index (χ0) is 13.4. The van der Waals surface area contributed by atoms with Gasteiger partial charge in [-0.15, -0.1) is 6.58 Å². The fourth-order valence-electron chi connectivity index (χ4n) is 1.48. The highest BCUT2D eigenvalue weighted by Gasteiger charge is 2.07. The number of allylic oxidation sites excluding steroid dienone is 2. The van der Waals surface area contributed by atoms with Crippen LogP contribution in [0, 0.1) is 5.92 Å². The molecule has 0 aromatic heterocycles. The fraction of sp³-hybridized carbons (Fsp3) is 0.267. The largest absolute Gasteiger partial charge is 0.482 e. The van der Waals surface area contributed by atoms with Crippen molar-refractivity contribution in [1.82, 2.24) is 0 Å². The average Bonchev–Trinajstić information content (AvgIpc) is 2.43. The molecule has 0 heterocycles. The number of hydrogen-bond donors (Lipinski definition) is 1. The molecule has 1 rings (SSSR count). The van der Waals surface area contributed by atoms with Crippen LogP contribution < -0.4 is 5.73 Å². The Kier molecular flexibility index (Phi) is 5.71. The van der Waals surface area contributed by atoms with Crippen LogP contribution >= 0.6 is 0 Å². The quantitative estimate of drug-likeness (QED) is 0.475. The molecule has 1 unspecified atom stereocenters. The predicted molar refractivity (Wildman–Crippen MR) is 76.2 cm³/mol. The highest BCUT2D eigenvalue weighted by Crippen LogP contribution is 2.12. The molecule has 3 nitrogen and oxygen atoms in total. The summed E-state index contributed by atoms with van der Waals surface area (Å²) in [5.74, 6) is 0.503. The van der Waals surface area contributed by atoms with Gasteiger partial charge in [-0.25, -0.2) is 0 Å². The molecular weight excluding hydrogens is 224 g/mol. The van der Waals surface area contributed by atoms with E-state index in [1.54, 1.807) is 13.3 Å². The number of nitrogens with two attached hydrogens (primary N) is 1. The Morgan fingerprint density at radius 2 is 2.11 bits per heavy atom. The normalized spacial score (nSPS) is 14.1. The third-order valence-electron chi connectivity index (χ3n) is 2.70. The lowest BCUT2D eigenvalue weighted by molar-refractivity contribution is 0.282. The lowest BCUT2D eigenvalue weighted by atomic mass is 10.0. The monoisotopic (exact) mass is 244 g/mol. The molecule has 0 bridgehead atoms. The maximum Gasteiger partial charge on any atom is 0.189 e. The smallest absolute Gasteiger partial charge is 0.189 e. The first-order chi connectivity index (χ1) is 8.69. The third-order valence-corrected chi connectivity index (χ3v) is 2.70. The van der Waals surface area contributed by atoms with E-state index in [0.717, 1.165) is 11.1 Å². The van der Waals surface area contributed by atoms with Gasteiger partial charge in [0.05, 0.1) is 13.7 Å². The molecular formula is C15H20N2O. The number of benzene rings is 1. The molecule has 0 saturated heterocycles. The van der Waals surface area contributed by atoms with Crippen molar-refractivity contribution in [3.8, 4) is 0 Å². The summed E-state index contributed by atoms with van der Waals surface area (Å²) < 4.78 is 5.06. The number of ether oxygens (including phenoxy) is 1. The minimum Gasteiger partial charge on any atom is -0.482 e. The van der Waals surface area contributed by atoms with Crippen molar-refractivity contribution in [2.24, 2.45) is 16.6 Å². The van der Waals surface area contributed by atoms with E-state index in [2.05, 4.69) is 11.6 Å². The molecule has 3 heteroatoms.